The molecule has 1 saturated heterocycles. The third-order valence-corrected chi connectivity index (χ3v) is 4.88. The van der Waals surface area contributed by atoms with E-state index in [1.54, 1.807) is 0 Å². The highest BCUT2D eigenvalue weighted by Gasteiger charge is 2.33. The number of hydrogen-bond acceptors (Lipinski definition) is 2. The van der Waals surface area contributed by atoms with Crippen molar-refractivity contribution in [3.05, 3.63) is 0 Å². The molecule has 0 radical (unpaired) electrons. The molecule has 1 aliphatic rings. The molecule has 0 bridgehead atoms. The molecule has 5 atom stereocenters. The maximum absolute atomic E-state index is 3.57. The molecule has 5 unspecified atom stereocenters. The fourth-order valence-electron chi connectivity index (χ4n) is 3.30. The summed E-state index contributed by atoms with van der Waals surface area (Å²) in [7, 11) is 0. The van der Waals surface area contributed by atoms with Crippen LogP contribution in [0.25, 0.3) is 0 Å². The number of rotatable bonds is 6. The van der Waals surface area contributed by atoms with Crippen molar-refractivity contribution in [3.63, 3.8) is 0 Å². The van der Waals surface area contributed by atoms with Crippen LogP contribution < -0.4 is 5.32 Å². The van der Waals surface area contributed by atoms with Crippen LogP contribution in [0.3, 0.4) is 0 Å². The SMILES string of the molecule is CCCNCC(C)C(C)N1CC(C)CC(C)C1C. The average Bonchev–Trinajstić information content (AvgIpc) is 2.33. The predicted octanol–water partition coefficient (Wildman–Crippen LogP) is 3.38. The predicted molar refractivity (Wildman–Crippen MR) is 80.9 cm³/mol. The standard InChI is InChI=1S/C16H34N2/c1-7-8-17-10-14(4)16(6)18-11-12(2)9-13(3)15(18)5/h12-17H,7-11H2,1-6H3. The molecule has 0 aromatic carbocycles. The van der Waals surface area contributed by atoms with Crippen LogP contribution in [0.5, 0.6) is 0 Å². The minimum Gasteiger partial charge on any atom is -0.316 e. The first-order chi connectivity index (χ1) is 8.47. The molecule has 1 rings (SSSR count). The Morgan fingerprint density at radius 2 is 1.89 bits per heavy atom. The highest BCUT2D eigenvalue weighted by molar-refractivity contribution is 4.87. The van der Waals surface area contributed by atoms with E-state index in [9.17, 15) is 0 Å². The molecule has 1 fully saturated rings. The van der Waals surface area contributed by atoms with Gasteiger partial charge < -0.3 is 5.32 Å². The maximum Gasteiger partial charge on any atom is 0.0108 e. The molecule has 0 saturated carbocycles. The van der Waals surface area contributed by atoms with Crippen molar-refractivity contribution in [2.45, 2.75) is 66.5 Å². The van der Waals surface area contributed by atoms with Gasteiger partial charge in [0.2, 0.25) is 0 Å². The van der Waals surface area contributed by atoms with Crippen LogP contribution in [0.2, 0.25) is 0 Å². The largest absolute Gasteiger partial charge is 0.316 e. The number of piperidine rings is 1. The van der Waals surface area contributed by atoms with Crippen molar-refractivity contribution < 1.29 is 0 Å². The second-order valence-corrected chi connectivity index (χ2v) is 6.68. The molecule has 1 N–H and O–H groups in total. The van der Waals surface area contributed by atoms with Crippen LogP contribution in [-0.4, -0.2) is 36.6 Å². The van der Waals surface area contributed by atoms with Gasteiger partial charge in [-0.3, -0.25) is 4.90 Å². The molecule has 18 heavy (non-hydrogen) atoms. The summed E-state index contributed by atoms with van der Waals surface area (Å²) in [6, 6.07) is 1.43. The van der Waals surface area contributed by atoms with E-state index < -0.39 is 0 Å². The molecule has 0 spiro atoms. The van der Waals surface area contributed by atoms with Gasteiger partial charge in [0.25, 0.3) is 0 Å². The summed E-state index contributed by atoms with van der Waals surface area (Å²) in [5.74, 6) is 2.43. The van der Waals surface area contributed by atoms with Crippen molar-refractivity contribution >= 4 is 0 Å². The van der Waals surface area contributed by atoms with Crippen LogP contribution in [0, 0.1) is 17.8 Å². The monoisotopic (exact) mass is 254 g/mol. The van der Waals surface area contributed by atoms with Crippen molar-refractivity contribution in [1.29, 1.82) is 0 Å². The summed E-state index contributed by atoms with van der Waals surface area (Å²) in [5, 5.41) is 3.57. The lowest BCUT2D eigenvalue weighted by molar-refractivity contribution is 0.0270. The van der Waals surface area contributed by atoms with Gasteiger partial charge in [-0.2, -0.15) is 0 Å². The lowest BCUT2D eigenvalue weighted by atomic mass is 9.83. The lowest BCUT2D eigenvalue weighted by Gasteiger charge is -2.46. The van der Waals surface area contributed by atoms with Crippen LogP contribution in [0.4, 0.5) is 0 Å². The fraction of sp³-hybridized carbons (Fsp3) is 1.00. The first-order valence-corrected chi connectivity index (χ1v) is 7.93. The Bertz CT molecular complexity index is 229. The number of nitrogens with one attached hydrogen (secondary N) is 1. The summed E-state index contributed by atoms with van der Waals surface area (Å²) in [4.78, 5) is 2.75. The van der Waals surface area contributed by atoms with Crippen LogP contribution in [0.1, 0.15) is 54.4 Å². The third kappa shape index (κ3) is 4.24. The van der Waals surface area contributed by atoms with E-state index >= 15 is 0 Å². The van der Waals surface area contributed by atoms with Gasteiger partial charge in [-0.1, -0.05) is 27.7 Å². The van der Waals surface area contributed by atoms with E-state index in [1.165, 1.54) is 19.4 Å². The Labute approximate surface area is 115 Å². The summed E-state index contributed by atoms with van der Waals surface area (Å²) >= 11 is 0. The number of likely N-dealkylation sites (tertiary alicyclic amines) is 1. The lowest BCUT2D eigenvalue weighted by Crippen LogP contribution is -2.52. The van der Waals surface area contributed by atoms with Gasteiger partial charge in [-0.05, 0) is 57.5 Å². The Morgan fingerprint density at radius 3 is 2.50 bits per heavy atom. The third-order valence-electron chi connectivity index (χ3n) is 4.88. The van der Waals surface area contributed by atoms with E-state index in [-0.39, 0.29) is 0 Å². The summed E-state index contributed by atoms with van der Waals surface area (Å²) < 4.78 is 0. The topological polar surface area (TPSA) is 15.3 Å². The number of nitrogens with zero attached hydrogens (tertiary/aromatic N) is 1. The minimum absolute atomic E-state index is 0.689. The van der Waals surface area contributed by atoms with Gasteiger partial charge in [0, 0.05) is 18.6 Å². The zero-order valence-corrected chi connectivity index (χ0v) is 13.4. The van der Waals surface area contributed by atoms with Crippen LogP contribution in [0.15, 0.2) is 0 Å². The molecule has 1 heterocycles. The Balaban J connectivity index is 2.50. The molecule has 2 heteroatoms. The Morgan fingerprint density at radius 1 is 1.22 bits per heavy atom. The normalized spacial score (nSPS) is 33.3. The van der Waals surface area contributed by atoms with Crippen LogP contribution >= 0.6 is 0 Å². The minimum atomic E-state index is 0.689. The van der Waals surface area contributed by atoms with Gasteiger partial charge in [0.05, 0.1) is 0 Å². The second-order valence-electron chi connectivity index (χ2n) is 6.68. The maximum atomic E-state index is 3.57. The zero-order chi connectivity index (χ0) is 13.7. The molecule has 0 aromatic heterocycles. The molecule has 0 aromatic rings. The summed E-state index contributed by atoms with van der Waals surface area (Å²) in [6.45, 7) is 17.9. The fourth-order valence-corrected chi connectivity index (χ4v) is 3.30. The van der Waals surface area contributed by atoms with Gasteiger partial charge in [0.1, 0.15) is 0 Å². The second kappa shape index (κ2) is 7.49. The Hall–Kier alpha value is -0.0800. The summed E-state index contributed by atoms with van der Waals surface area (Å²) in [5.41, 5.74) is 0. The van der Waals surface area contributed by atoms with Crippen molar-refractivity contribution in [2.75, 3.05) is 19.6 Å². The zero-order valence-electron chi connectivity index (χ0n) is 13.4. The van der Waals surface area contributed by atoms with E-state index in [1.807, 2.05) is 0 Å². The summed E-state index contributed by atoms with van der Waals surface area (Å²) in [6.07, 6.45) is 2.63. The van der Waals surface area contributed by atoms with Crippen molar-refractivity contribution in [1.82, 2.24) is 10.2 Å². The molecule has 108 valence electrons. The number of hydrogen-bond donors (Lipinski definition) is 1. The van der Waals surface area contributed by atoms with E-state index in [4.69, 9.17) is 0 Å². The highest BCUT2D eigenvalue weighted by Crippen LogP contribution is 2.30. The van der Waals surface area contributed by atoms with E-state index in [0.29, 0.717) is 6.04 Å². The van der Waals surface area contributed by atoms with Gasteiger partial charge >= 0.3 is 0 Å². The van der Waals surface area contributed by atoms with Gasteiger partial charge in [0.15, 0.2) is 0 Å². The highest BCUT2D eigenvalue weighted by atomic mass is 15.2. The molecular formula is C16H34N2. The van der Waals surface area contributed by atoms with E-state index in [2.05, 4.69) is 51.8 Å². The first kappa shape index (κ1) is 16.0. The smallest absolute Gasteiger partial charge is 0.0108 e. The van der Waals surface area contributed by atoms with Crippen molar-refractivity contribution in [3.8, 4) is 0 Å². The first-order valence-electron chi connectivity index (χ1n) is 7.93. The average molecular weight is 254 g/mol. The van der Waals surface area contributed by atoms with Gasteiger partial charge in [-0.25, -0.2) is 0 Å². The van der Waals surface area contributed by atoms with Crippen molar-refractivity contribution in [2.24, 2.45) is 17.8 Å². The molecular weight excluding hydrogens is 220 g/mol. The molecule has 0 amide bonds. The molecule has 1 aliphatic heterocycles. The van der Waals surface area contributed by atoms with Gasteiger partial charge in [-0.15, -0.1) is 0 Å². The van der Waals surface area contributed by atoms with Crippen LogP contribution in [-0.2, 0) is 0 Å². The molecule has 2 nitrogen and oxygen atoms in total. The quantitative estimate of drug-likeness (QED) is 0.731. The molecule has 0 aliphatic carbocycles. The Kier molecular flexibility index (Phi) is 6.65. The van der Waals surface area contributed by atoms with E-state index in [0.717, 1.165) is 36.9 Å².